The number of aliphatic hydroxyl groups is 6. The van der Waals surface area contributed by atoms with E-state index in [1.807, 2.05) is 0 Å². The SMILES string of the molecule is CC(=O)N[C@H]1[C@H](O[C@H]2C(CO)O[C@@H](O)[C@@H](NC(C)=O)[C@H]2O)OC(CO)[C@@H](O)[C@@H]1O. The van der Waals surface area contributed by atoms with Crippen LogP contribution in [0.4, 0.5) is 0 Å². The molecule has 2 aliphatic rings. The number of hydrogen-bond acceptors (Lipinski definition) is 11. The fourth-order valence-corrected chi connectivity index (χ4v) is 3.38. The van der Waals surface area contributed by atoms with Crippen LogP contribution < -0.4 is 10.6 Å². The van der Waals surface area contributed by atoms with Crippen molar-refractivity contribution < 1.29 is 54.4 Å². The van der Waals surface area contributed by atoms with Crippen molar-refractivity contribution in [2.45, 2.75) is 75.1 Å². The van der Waals surface area contributed by atoms with E-state index in [0.29, 0.717) is 0 Å². The van der Waals surface area contributed by atoms with Crippen LogP contribution in [0, 0.1) is 0 Å². The summed E-state index contributed by atoms with van der Waals surface area (Å²) in [6.45, 7) is 0.962. The van der Waals surface area contributed by atoms with E-state index in [1.54, 1.807) is 0 Å². The van der Waals surface area contributed by atoms with Crippen molar-refractivity contribution in [3.05, 3.63) is 0 Å². The van der Waals surface area contributed by atoms with Crippen LogP contribution in [-0.4, -0.2) is 117 Å². The first-order valence-corrected chi connectivity index (χ1v) is 9.05. The third-order valence-corrected chi connectivity index (χ3v) is 4.78. The normalized spacial score (nSPS) is 42.9. The van der Waals surface area contributed by atoms with E-state index in [4.69, 9.17) is 14.2 Å². The minimum absolute atomic E-state index is 0.568. The summed E-state index contributed by atoms with van der Waals surface area (Å²) >= 11 is 0. The van der Waals surface area contributed by atoms with Crippen LogP contribution in [0.2, 0.25) is 0 Å². The van der Waals surface area contributed by atoms with Gasteiger partial charge in [0.25, 0.3) is 0 Å². The van der Waals surface area contributed by atoms with Crippen molar-refractivity contribution in [1.29, 1.82) is 0 Å². The second-order valence-electron chi connectivity index (χ2n) is 7.00. The zero-order chi connectivity index (χ0) is 21.9. The first-order valence-electron chi connectivity index (χ1n) is 9.05. The lowest BCUT2D eigenvalue weighted by molar-refractivity contribution is -0.327. The van der Waals surface area contributed by atoms with E-state index >= 15 is 0 Å². The molecule has 2 fully saturated rings. The summed E-state index contributed by atoms with van der Waals surface area (Å²) in [6.07, 6.45) is -11.7. The molecule has 29 heavy (non-hydrogen) atoms. The third kappa shape index (κ3) is 5.39. The molecule has 0 bridgehead atoms. The molecule has 0 aromatic heterocycles. The quantitative estimate of drug-likeness (QED) is 0.202. The van der Waals surface area contributed by atoms with E-state index in [9.17, 15) is 40.2 Å². The van der Waals surface area contributed by atoms with Gasteiger partial charge in [-0.05, 0) is 0 Å². The highest BCUT2D eigenvalue weighted by molar-refractivity contribution is 5.73. The predicted octanol–water partition coefficient (Wildman–Crippen LogP) is -5.11. The van der Waals surface area contributed by atoms with Crippen LogP contribution in [0.1, 0.15) is 13.8 Å². The van der Waals surface area contributed by atoms with Crippen molar-refractivity contribution in [2.24, 2.45) is 0 Å². The van der Waals surface area contributed by atoms with Gasteiger partial charge in [-0.1, -0.05) is 0 Å². The molecule has 2 rings (SSSR count). The summed E-state index contributed by atoms with van der Waals surface area (Å²) in [5.74, 6) is -1.14. The van der Waals surface area contributed by atoms with Crippen LogP contribution >= 0.6 is 0 Å². The van der Waals surface area contributed by atoms with E-state index in [0.717, 1.165) is 13.8 Å². The molecule has 2 heterocycles. The summed E-state index contributed by atoms with van der Waals surface area (Å²) in [6, 6.07) is -2.59. The molecule has 8 N–H and O–H groups in total. The largest absolute Gasteiger partial charge is 0.394 e. The molecule has 0 aromatic carbocycles. The monoisotopic (exact) mass is 424 g/mol. The number of hydrogen-bond donors (Lipinski definition) is 8. The molecule has 0 aromatic rings. The lowest BCUT2D eigenvalue weighted by Crippen LogP contribution is -2.69. The fraction of sp³-hybridized carbons (Fsp3) is 0.875. The Morgan fingerprint density at radius 1 is 0.828 bits per heavy atom. The van der Waals surface area contributed by atoms with Gasteiger partial charge in [0.1, 0.15) is 48.7 Å². The number of rotatable bonds is 6. The number of aliphatic hydroxyl groups excluding tert-OH is 6. The Morgan fingerprint density at radius 2 is 1.38 bits per heavy atom. The molecule has 2 amide bonds. The Kier molecular flexibility index (Phi) is 8.28. The number of carbonyl (C=O) groups is 2. The van der Waals surface area contributed by atoms with Gasteiger partial charge in [-0.15, -0.1) is 0 Å². The maximum atomic E-state index is 11.5. The van der Waals surface area contributed by atoms with Crippen LogP contribution in [-0.2, 0) is 23.8 Å². The average Bonchev–Trinajstić information content (AvgIpc) is 2.65. The third-order valence-electron chi connectivity index (χ3n) is 4.78. The van der Waals surface area contributed by atoms with Gasteiger partial charge in [0.05, 0.1) is 13.2 Å². The first kappa shape index (κ1) is 23.9. The van der Waals surface area contributed by atoms with Gasteiger partial charge in [0.2, 0.25) is 11.8 Å². The minimum Gasteiger partial charge on any atom is -0.394 e. The Hall–Kier alpha value is -1.42. The zero-order valence-corrected chi connectivity index (χ0v) is 15.9. The molecule has 0 saturated carbocycles. The highest BCUT2D eigenvalue weighted by Crippen LogP contribution is 2.28. The molecule has 168 valence electrons. The molecule has 0 aliphatic carbocycles. The average molecular weight is 424 g/mol. The highest BCUT2D eigenvalue weighted by Gasteiger charge is 2.51. The van der Waals surface area contributed by atoms with Crippen LogP contribution in [0.25, 0.3) is 0 Å². The summed E-state index contributed by atoms with van der Waals surface area (Å²) in [7, 11) is 0. The van der Waals surface area contributed by atoms with Gasteiger partial charge >= 0.3 is 0 Å². The molecule has 0 spiro atoms. The van der Waals surface area contributed by atoms with E-state index in [2.05, 4.69) is 10.6 Å². The zero-order valence-electron chi connectivity index (χ0n) is 15.9. The standard InChI is InChI=1S/C16H28N2O11/c1-5(21)17-9-13(25)14(8(4-20)27-15(9)26)29-16-10(18-6(2)22)12(24)11(23)7(3-19)28-16/h7-16,19-20,23-26H,3-4H2,1-2H3,(H,17,21)(H,18,22)/t7?,8?,9-,10+,11+,12+,13+,14-,15+,16-/m0/s1. The number of ether oxygens (including phenoxy) is 3. The smallest absolute Gasteiger partial charge is 0.217 e. The van der Waals surface area contributed by atoms with Crippen molar-refractivity contribution >= 4 is 11.8 Å². The van der Waals surface area contributed by atoms with Gasteiger partial charge in [-0.2, -0.15) is 0 Å². The van der Waals surface area contributed by atoms with Crippen LogP contribution in [0.3, 0.4) is 0 Å². The van der Waals surface area contributed by atoms with Crippen LogP contribution in [0.5, 0.6) is 0 Å². The van der Waals surface area contributed by atoms with Crippen molar-refractivity contribution in [3.63, 3.8) is 0 Å². The molecule has 13 heteroatoms. The summed E-state index contributed by atoms with van der Waals surface area (Å²) in [5, 5.41) is 64.5. The summed E-state index contributed by atoms with van der Waals surface area (Å²) < 4.78 is 16.3. The molecule has 2 aliphatic heterocycles. The Bertz CT molecular complexity index is 579. The maximum Gasteiger partial charge on any atom is 0.217 e. The predicted molar refractivity (Wildman–Crippen MR) is 91.8 cm³/mol. The Balaban J connectivity index is 2.26. The van der Waals surface area contributed by atoms with Gasteiger partial charge in [-0.25, -0.2) is 0 Å². The molecule has 2 unspecified atom stereocenters. The van der Waals surface area contributed by atoms with Crippen molar-refractivity contribution in [1.82, 2.24) is 10.6 Å². The van der Waals surface area contributed by atoms with Gasteiger partial charge in [-0.3, -0.25) is 9.59 Å². The summed E-state index contributed by atoms with van der Waals surface area (Å²) in [4.78, 5) is 22.8. The minimum atomic E-state index is -1.64. The molecular formula is C16H28N2O11. The molecular weight excluding hydrogens is 396 g/mol. The van der Waals surface area contributed by atoms with E-state index in [1.165, 1.54) is 0 Å². The molecule has 2 saturated heterocycles. The first-order chi connectivity index (χ1) is 13.6. The van der Waals surface area contributed by atoms with Gasteiger partial charge in [0, 0.05) is 13.8 Å². The fourth-order valence-electron chi connectivity index (χ4n) is 3.38. The second kappa shape index (κ2) is 10.1. The topological polar surface area (TPSA) is 207 Å². The second-order valence-corrected chi connectivity index (χ2v) is 7.00. The lowest BCUT2D eigenvalue weighted by atomic mass is 9.94. The number of carbonyl (C=O) groups excluding carboxylic acids is 2. The Morgan fingerprint density at radius 3 is 1.90 bits per heavy atom. The van der Waals surface area contributed by atoms with E-state index < -0.39 is 86.3 Å². The van der Waals surface area contributed by atoms with Crippen molar-refractivity contribution in [2.75, 3.05) is 13.2 Å². The highest BCUT2D eigenvalue weighted by atomic mass is 16.7. The lowest BCUT2D eigenvalue weighted by Gasteiger charge is -2.47. The molecule has 13 nitrogen and oxygen atoms in total. The van der Waals surface area contributed by atoms with Gasteiger partial charge < -0.3 is 55.5 Å². The van der Waals surface area contributed by atoms with Gasteiger partial charge in [0.15, 0.2) is 12.6 Å². The molecule has 0 radical (unpaired) electrons. The molecule has 10 atom stereocenters. The number of amides is 2. The maximum absolute atomic E-state index is 11.5. The summed E-state index contributed by atoms with van der Waals surface area (Å²) in [5.41, 5.74) is 0. The Labute approximate surface area is 166 Å². The van der Waals surface area contributed by atoms with E-state index in [-0.39, 0.29) is 0 Å². The number of nitrogens with one attached hydrogen (secondary N) is 2. The van der Waals surface area contributed by atoms with Crippen molar-refractivity contribution in [3.8, 4) is 0 Å². The van der Waals surface area contributed by atoms with Crippen LogP contribution in [0.15, 0.2) is 0 Å².